The van der Waals surface area contributed by atoms with Crippen LogP contribution >= 0.6 is 20.7 Å². The first-order chi connectivity index (χ1) is 15.1. The third-order valence-electron chi connectivity index (χ3n) is 4.23. The van der Waals surface area contributed by atoms with Crippen LogP contribution in [0, 0.1) is 0 Å². The zero-order valence-electron chi connectivity index (χ0n) is 17.3. The van der Waals surface area contributed by atoms with Gasteiger partial charge >= 0.3 is 0 Å². The predicted molar refractivity (Wildman–Crippen MR) is 126 cm³/mol. The fourth-order valence-electron chi connectivity index (χ4n) is 2.80. The number of anilines is 1. The van der Waals surface area contributed by atoms with E-state index in [1.807, 2.05) is 12.2 Å². The van der Waals surface area contributed by atoms with Gasteiger partial charge in [0.1, 0.15) is 42.6 Å². The van der Waals surface area contributed by atoms with Crippen molar-refractivity contribution >= 4 is 36.3 Å². The van der Waals surface area contributed by atoms with Gasteiger partial charge in [-0.1, -0.05) is 12.2 Å². The van der Waals surface area contributed by atoms with Gasteiger partial charge in [0, 0.05) is 20.9 Å². The Morgan fingerprint density at radius 1 is 1.35 bits per heavy atom. The number of aromatic nitrogens is 2. The lowest BCUT2D eigenvalue weighted by Gasteiger charge is -2.24. The van der Waals surface area contributed by atoms with Crippen molar-refractivity contribution < 1.29 is 23.4 Å². The number of alkyl halides is 2. The molecule has 0 unspecified atom stereocenters. The van der Waals surface area contributed by atoms with Gasteiger partial charge in [0.15, 0.2) is 0 Å². The lowest BCUT2D eigenvalue weighted by Crippen LogP contribution is -2.29. The van der Waals surface area contributed by atoms with Gasteiger partial charge in [-0.25, -0.2) is 9.37 Å². The molecule has 0 aliphatic carbocycles. The van der Waals surface area contributed by atoms with Crippen molar-refractivity contribution in [2.24, 2.45) is 0 Å². The van der Waals surface area contributed by atoms with Crippen LogP contribution in [-0.4, -0.2) is 44.7 Å². The van der Waals surface area contributed by atoms with Crippen molar-refractivity contribution in [3.8, 4) is 17.4 Å². The number of ether oxygens (including phenoxy) is 3. The first-order valence-electron chi connectivity index (χ1n) is 9.51. The highest BCUT2D eigenvalue weighted by atomic mass is 127. The molecule has 2 heterocycles. The summed E-state index contributed by atoms with van der Waals surface area (Å²) in [4.78, 5) is 22.4. The topological polar surface area (TPSA) is 73.8 Å². The highest BCUT2D eigenvalue weighted by Gasteiger charge is 2.21. The molecule has 1 aromatic heterocycles. The summed E-state index contributed by atoms with van der Waals surface area (Å²) in [5.74, 6) is 1.81. The van der Waals surface area contributed by atoms with Crippen molar-refractivity contribution in [1.29, 1.82) is 0 Å². The van der Waals surface area contributed by atoms with E-state index in [-0.39, 0.29) is 45.7 Å². The smallest absolute Gasteiger partial charge is 0.246 e. The van der Waals surface area contributed by atoms with Gasteiger partial charge in [-0.15, -0.1) is 20.7 Å². The SMILES string of the molecule is COc1ccc(OCCF)c(CN(C(C)=O)c2cncnc2OC2=CC=CCI=C2)c1. The minimum absolute atomic E-state index is 0.0806. The van der Waals surface area contributed by atoms with E-state index in [2.05, 4.69) is 20.1 Å². The van der Waals surface area contributed by atoms with Crippen LogP contribution in [0.5, 0.6) is 17.4 Å². The van der Waals surface area contributed by atoms with Crippen LogP contribution in [0.4, 0.5) is 10.1 Å². The molecular formula is C22H23FIN3O4. The van der Waals surface area contributed by atoms with Crippen LogP contribution in [0.3, 0.4) is 0 Å². The normalized spacial score (nSPS) is 12.9. The van der Waals surface area contributed by atoms with E-state index in [0.717, 1.165) is 4.43 Å². The summed E-state index contributed by atoms with van der Waals surface area (Å²) in [6, 6.07) is 5.17. The Kier molecular flexibility index (Phi) is 8.51. The van der Waals surface area contributed by atoms with Crippen molar-refractivity contribution in [3.05, 3.63) is 60.3 Å². The summed E-state index contributed by atoms with van der Waals surface area (Å²) >= 11 is -0.137. The monoisotopic (exact) mass is 539 g/mol. The number of carbonyl (C=O) groups is 1. The summed E-state index contributed by atoms with van der Waals surface area (Å²) in [6.45, 7) is 0.898. The van der Waals surface area contributed by atoms with E-state index in [0.29, 0.717) is 28.5 Å². The average molecular weight is 539 g/mol. The lowest BCUT2D eigenvalue weighted by atomic mass is 10.1. The van der Waals surface area contributed by atoms with E-state index in [1.54, 1.807) is 25.3 Å². The Hall–Kier alpha value is -2.82. The molecule has 3 rings (SSSR count). The van der Waals surface area contributed by atoms with Crippen molar-refractivity contribution in [2.45, 2.75) is 13.5 Å². The first-order valence-corrected chi connectivity index (χ1v) is 12.3. The Labute approximate surface area is 190 Å². The molecule has 0 spiro atoms. The number of carbonyl (C=O) groups excluding carboxylic acids is 1. The number of methoxy groups -OCH3 is 1. The second-order valence-electron chi connectivity index (χ2n) is 6.35. The van der Waals surface area contributed by atoms with Crippen molar-refractivity contribution in [2.75, 3.05) is 29.7 Å². The van der Waals surface area contributed by atoms with Crippen LogP contribution in [0.1, 0.15) is 12.5 Å². The molecule has 0 fully saturated rings. The van der Waals surface area contributed by atoms with Crippen LogP contribution in [0.25, 0.3) is 0 Å². The Morgan fingerprint density at radius 2 is 2.23 bits per heavy atom. The van der Waals surface area contributed by atoms with E-state index >= 15 is 0 Å². The average Bonchev–Trinajstić information content (AvgIpc) is 3.05. The minimum Gasteiger partial charge on any atom is -0.497 e. The molecule has 1 aliphatic heterocycles. The van der Waals surface area contributed by atoms with Gasteiger partial charge in [0.2, 0.25) is 11.8 Å². The van der Waals surface area contributed by atoms with Gasteiger partial charge in [-0.2, -0.15) is 4.98 Å². The molecule has 31 heavy (non-hydrogen) atoms. The third kappa shape index (κ3) is 6.33. The molecule has 1 aromatic carbocycles. The fourth-order valence-corrected chi connectivity index (χ4v) is 4.41. The maximum absolute atomic E-state index is 12.7. The maximum atomic E-state index is 12.7. The number of allylic oxidation sites excluding steroid dienone is 4. The number of rotatable bonds is 9. The molecule has 2 aromatic rings. The molecule has 164 valence electrons. The lowest BCUT2D eigenvalue weighted by molar-refractivity contribution is -0.116. The second kappa shape index (κ2) is 11.5. The van der Waals surface area contributed by atoms with Crippen LogP contribution in [0.2, 0.25) is 0 Å². The number of halogens is 2. The molecule has 0 saturated carbocycles. The number of hydrogen-bond acceptors (Lipinski definition) is 6. The number of amides is 1. The Bertz CT molecular complexity index is 1010. The molecule has 0 atom stereocenters. The quantitative estimate of drug-likeness (QED) is 0.355. The zero-order chi connectivity index (χ0) is 22.1. The summed E-state index contributed by atoms with van der Waals surface area (Å²) < 4.78 is 32.6. The van der Waals surface area contributed by atoms with Gasteiger partial charge in [-0.3, -0.25) is 4.79 Å². The van der Waals surface area contributed by atoms with Crippen LogP contribution in [-0.2, 0) is 11.3 Å². The highest BCUT2D eigenvalue weighted by Crippen LogP contribution is 2.31. The molecule has 1 aliphatic rings. The van der Waals surface area contributed by atoms with E-state index in [4.69, 9.17) is 14.2 Å². The molecule has 0 saturated heterocycles. The first kappa shape index (κ1) is 22.9. The molecular weight excluding hydrogens is 516 g/mol. The van der Waals surface area contributed by atoms with Crippen LogP contribution < -0.4 is 19.1 Å². The standard InChI is InChI=1S/C22H23FIN3O4/c1-16(28)27(14-17-11-18(29-2)6-7-21(17)30-10-8-23)20-13-25-15-26-22(20)31-19-5-3-4-9-24-12-19/h3-7,11-13,15H,8-10,14H2,1-2H3. The third-order valence-corrected chi connectivity index (χ3v) is 6.30. The molecule has 9 heteroatoms. The number of hydrogen-bond donors (Lipinski definition) is 0. The Balaban J connectivity index is 1.94. The second-order valence-corrected chi connectivity index (χ2v) is 8.73. The molecule has 1 amide bonds. The van der Waals surface area contributed by atoms with Crippen LogP contribution in [0.15, 0.2) is 54.7 Å². The van der Waals surface area contributed by atoms with E-state index in [9.17, 15) is 9.18 Å². The largest absolute Gasteiger partial charge is 0.497 e. The summed E-state index contributed by atoms with van der Waals surface area (Å²) in [5, 5.41) is 0. The zero-order valence-corrected chi connectivity index (χ0v) is 19.4. The molecule has 0 N–H and O–H groups in total. The molecule has 7 nitrogen and oxygen atoms in total. The fraction of sp³-hybridized carbons (Fsp3) is 0.273. The summed E-state index contributed by atoms with van der Waals surface area (Å²) in [6.07, 6.45) is 8.84. The van der Waals surface area contributed by atoms with Crippen molar-refractivity contribution in [3.63, 3.8) is 0 Å². The van der Waals surface area contributed by atoms with Gasteiger partial charge in [0.05, 0.1) is 19.9 Å². The molecule has 0 radical (unpaired) electrons. The van der Waals surface area contributed by atoms with E-state index in [1.165, 1.54) is 24.3 Å². The minimum atomic E-state index is -0.616. The van der Waals surface area contributed by atoms with Gasteiger partial charge in [-0.05, 0) is 24.3 Å². The summed E-state index contributed by atoms with van der Waals surface area (Å²) in [7, 11) is 1.55. The van der Waals surface area contributed by atoms with E-state index < -0.39 is 6.67 Å². The number of benzene rings is 1. The highest BCUT2D eigenvalue weighted by molar-refractivity contribution is 14.2. The maximum Gasteiger partial charge on any atom is 0.246 e. The Morgan fingerprint density at radius 3 is 3.00 bits per heavy atom. The summed E-state index contributed by atoms with van der Waals surface area (Å²) in [5.41, 5.74) is 1.09. The predicted octanol–water partition coefficient (Wildman–Crippen LogP) is 3.99. The molecule has 0 bridgehead atoms. The van der Waals surface area contributed by atoms with Gasteiger partial charge in [0.25, 0.3) is 0 Å². The van der Waals surface area contributed by atoms with Crippen molar-refractivity contribution in [1.82, 2.24) is 9.97 Å². The number of nitrogens with zero attached hydrogens (tertiary/aromatic N) is 3. The van der Waals surface area contributed by atoms with Gasteiger partial charge < -0.3 is 19.1 Å².